The van der Waals surface area contributed by atoms with E-state index in [4.69, 9.17) is 5.73 Å². The van der Waals surface area contributed by atoms with Crippen molar-refractivity contribution >= 4 is 15.9 Å². The fourth-order valence-electron chi connectivity index (χ4n) is 1.63. The second kappa shape index (κ2) is 3.81. The summed E-state index contributed by atoms with van der Waals surface area (Å²) in [5, 5.41) is 0. The Kier molecular flexibility index (Phi) is 2.70. The molecule has 70 valence electrons. The Morgan fingerprint density at radius 2 is 2.23 bits per heavy atom. The van der Waals surface area contributed by atoms with Gasteiger partial charge in [0.2, 0.25) is 0 Å². The third-order valence-corrected chi connectivity index (χ3v) is 3.08. The maximum absolute atomic E-state index is 6.05. The lowest BCUT2D eigenvalue weighted by Gasteiger charge is -2.09. The molecular formula is C11H14BrN. The molecule has 0 aromatic heterocycles. The Morgan fingerprint density at radius 1 is 1.46 bits per heavy atom. The molecular weight excluding hydrogens is 226 g/mol. The van der Waals surface area contributed by atoms with Crippen LogP contribution >= 0.6 is 15.9 Å². The fourth-order valence-corrected chi connectivity index (χ4v) is 2.07. The first kappa shape index (κ1) is 9.22. The molecule has 2 heteroatoms. The lowest BCUT2D eigenvalue weighted by atomic mass is 10.0. The highest BCUT2D eigenvalue weighted by atomic mass is 79.9. The van der Waals surface area contributed by atoms with Gasteiger partial charge in [0.1, 0.15) is 0 Å². The molecule has 1 aromatic carbocycles. The number of halogens is 1. The summed E-state index contributed by atoms with van der Waals surface area (Å²) >= 11 is 3.46. The zero-order valence-corrected chi connectivity index (χ0v) is 9.13. The van der Waals surface area contributed by atoms with E-state index in [0.717, 1.165) is 16.8 Å². The van der Waals surface area contributed by atoms with E-state index in [9.17, 15) is 0 Å². The molecule has 1 aliphatic carbocycles. The maximum Gasteiger partial charge on any atom is 0.0178 e. The lowest BCUT2D eigenvalue weighted by Crippen LogP contribution is -2.24. The first-order chi connectivity index (χ1) is 6.25. The van der Waals surface area contributed by atoms with Crippen molar-refractivity contribution in [3.05, 3.63) is 34.3 Å². The molecule has 1 unspecified atom stereocenters. The summed E-state index contributed by atoms with van der Waals surface area (Å²) in [5.74, 6) is 0.791. The van der Waals surface area contributed by atoms with Crippen LogP contribution in [0.2, 0.25) is 0 Å². The Balaban J connectivity index is 2.00. The third kappa shape index (κ3) is 2.55. The van der Waals surface area contributed by atoms with Crippen LogP contribution in [0.15, 0.2) is 28.7 Å². The number of hydrogen-bond acceptors (Lipinski definition) is 1. The molecule has 1 fully saturated rings. The Bertz CT molecular complexity index is 294. The largest absolute Gasteiger partial charge is 0.327 e. The average Bonchev–Trinajstić information content (AvgIpc) is 2.85. The summed E-state index contributed by atoms with van der Waals surface area (Å²) in [5.41, 5.74) is 7.39. The van der Waals surface area contributed by atoms with Crippen LogP contribution in [-0.4, -0.2) is 6.04 Å². The van der Waals surface area contributed by atoms with Crippen molar-refractivity contribution < 1.29 is 0 Å². The molecule has 0 saturated heterocycles. The molecule has 13 heavy (non-hydrogen) atoms. The van der Waals surface area contributed by atoms with Crippen molar-refractivity contribution in [2.75, 3.05) is 0 Å². The van der Waals surface area contributed by atoms with Crippen LogP contribution in [0, 0.1) is 5.92 Å². The van der Waals surface area contributed by atoms with E-state index < -0.39 is 0 Å². The van der Waals surface area contributed by atoms with E-state index >= 15 is 0 Å². The van der Waals surface area contributed by atoms with E-state index in [0.29, 0.717) is 6.04 Å². The molecule has 2 rings (SSSR count). The van der Waals surface area contributed by atoms with Crippen molar-refractivity contribution in [1.82, 2.24) is 0 Å². The third-order valence-electron chi connectivity index (χ3n) is 2.59. The summed E-state index contributed by atoms with van der Waals surface area (Å²) < 4.78 is 1.15. The van der Waals surface area contributed by atoms with Gasteiger partial charge in [-0.2, -0.15) is 0 Å². The molecule has 0 spiro atoms. The molecule has 1 atom stereocenters. The number of hydrogen-bond donors (Lipinski definition) is 1. The van der Waals surface area contributed by atoms with Crippen LogP contribution in [-0.2, 0) is 6.42 Å². The average molecular weight is 240 g/mol. The van der Waals surface area contributed by atoms with E-state index in [1.807, 2.05) is 6.07 Å². The minimum atomic E-state index is 0.370. The van der Waals surface area contributed by atoms with Crippen molar-refractivity contribution in [3.63, 3.8) is 0 Å². The van der Waals surface area contributed by atoms with Gasteiger partial charge >= 0.3 is 0 Å². The number of rotatable bonds is 3. The summed E-state index contributed by atoms with van der Waals surface area (Å²) in [6.07, 6.45) is 3.68. The van der Waals surface area contributed by atoms with Gasteiger partial charge < -0.3 is 5.73 Å². The minimum absolute atomic E-state index is 0.370. The van der Waals surface area contributed by atoms with Crippen LogP contribution in [0.4, 0.5) is 0 Å². The van der Waals surface area contributed by atoms with Gasteiger partial charge in [-0.05, 0) is 42.9 Å². The molecule has 1 aromatic rings. The number of nitrogens with two attached hydrogens (primary N) is 1. The van der Waals surface area contributed by atoms with Gasteiger partial charge in [-0.15, -0.1) is 0 Å². The molecule has 0 aliphatic heterocycles. The summed E-state index contributed by atoms with van der Waals surface area (Å²) in [4.78, 5) is 0. The fraction of sp³-hybridized carbons (Fsp3) is 0.455. The van der Waals surface area contributed by atoms with Crippen molar-refractivity contribution in [2.24, 2.45) is 11.7 Å². The van der Waals surface area contributed by atoms with Crippen LogP contribution in [0.25, 0.3) is 0 Å². The molecule has 2 N–H and O–H groups in total. The van der Waals surface area contributed by atoms with Crippen LogP contribution in [0.1, 0.15) is 18.4 Å². The van der Waals surface area contributed by atoms with Crippen LogP contribution < -0.4 is 5.73 Å². The molecule has 0 amide bonds. The number of benzene rings is 1. The van der Waals surface area contributed by atoms with Gasteiger partial charge in [-0.1, -0.05) is 28.1 Å². The molecule has 0 radical (unpaired) electrons. The molecule has 0 bridgehead atoms. The van der Waals surface area contributed by atoms with Gasteiger partial charge in [0.15, 0.2) is 0 Å². The van der Waals surface area contributed by atoms with E-state index in [1.54, 1.807) is 0 Å². The SMILES string of the molecule is NC(Cc1cccc(Br)c1)C1CC1. The Hall–Kier alpha value is -0.340. The highest BCUT2D eigenvalue weighted by molar-refractivity contribution is 9.10. The van der Waals surface area contributed by atoms with Crippen molar-refractivity contribution in [3.8, 4) is 0 Å². The lowest BCUT2D eigenvalue weighted by molar-refractivity contribution is 0.591. The zero-order chi connectivity index (χ0) is 9.26. The first-order valence-corrected chi connectivity index (χ1v) is 5.55. The molecule has 1 nitrogen and oxygen atoms in total. The highest BCUT2D eigenvalue weighted by Crippen LogP contribution is 2.33. The van der Waals surface area contributed by atoms with E-state index in [2.05, 4.69) is 34.1 Å². The predicted octanol–water partition coefficient (Wildman–Crippen LogP) is 2.73. The molecule has 1 aliphatic rings. The quantitative estimate of drug-likeness (QED) is 0.863. The van der Waals surface area contributed by atoms with E-state index in [1.165, 1.54) is 18.4 Å². The second-order valence-corrected chi connectivity index (χ2v) is 4.75. The normalized spacial score (nSPS) is 18.6. The monoisotopic (exact) mass is 239 g/mol. The Labute approximate surface area is 87.5 Å². The molecule has 1 saturated carbocycles. The summed E-state index contributed by atoms with van der Waals surface area (Å²) in [6.45, 7) is 0. The van der Waals surface area contributed by atoms with Crippen LogP contribution in [0.3, 0.4) is 0 Å². The van der Waals surface area contributed by atoms with Gasteiger partial charge in [-0.3, -0.25) is 0 Å². The van der Waals surface area contributed by atoms with Gasteiger partial charge in [0, 0.05) is 10.5 Å². The van der Waals surface area contributed by atoms with Crippen molar-refractivity contribution in [2.45, 2.75) is 25.3 Å². The highest BCUT2D eigenvalue weighted by Gasteiger charge is 2.28. The van der Waals surface area contributed by atoms with Crippen LogP contribution in [0.5, 0.6) is 0 Å². The van der Waals surface area contributed by atoms with Gasteiger partial charge in [0.05, 0.1) is 0 Å². The molecule has 0 heterocycles. The van der Waals surface area contributed by atoms with E-state index in [-0.39, 0.29) is 0 Å². The predicted molar refractivity (Wildman–Crippen MR) is 58.5 cm³/mol. The zero-order valence-electron chi connectivity index (χ0n) is 7.54. The smallest absolute Gasteiger partial charge is 0.0178 e. The standard InChI is InChI=1S/C11H14BrN/c12-10-3-1-2-8(6-10)7-11(13)9-4-5-9/h1-3,6,9,11H,4-5,7,13H2. The van der Waals surface area contributed by atoms with Gasteiger partial charge in [0.25, 0.3) is 0 Å². The summed E-state index contributed by atoms with van der Waals surface area (Å²) in [6, 6.07) is 8.79. The summed E-state index contributed by atoms with van der Waals surface area (Å²) in [7, 11) is 0. The van der Waals surface area contributed by atoms with Gasteiger partial charge in [-0.25, -0.2) is 0 Å². The maximum atomic E-state index is 6.05. The minimum Gasteiger partial charge on any atom is -0.327 e. The Morgan fingerprint density at radius 3 is 2.85 bits per heavy atom. The topological polar surface area (TPSA) is 26.0 Å². The second-order valence-electron chi connectivity index (χ2n) is 3.84. The van der Waals surface area contributed by atoms with Crippen molar-refractivity contribution in [1.29, 1.82) is 0 Å². The first-order valence-electron chi connectivity index (χ1n) is 4.76.